The van der Waals surface area contributed by atoms with Gasteiger partial charge in [-0.05, 0) is 73.7 Å². The van der Waals surface area contributed by atoms with Gasteiger partial charge in [-0.25, -0.2) is 0 Å². The zero-order valence-corrected chi connectivity index (χ0v) is 16.6. The van der Waals surface area contributed by atoms with Gasteiger partial charge in [0.15, 0.2) is 0 Å². The van der Waals surface area contributed by atoms with E-state index in [2.05, 4.69) is 41.9 Å². The van der Waals surface area contributed by atoms with E-state index in [1.165, 1.54) is 24.8 Å². The standard InChI is InChI=1S/C22H26ClN3O/c1-13-11-19(26-22(27)15-6-4-3-5-7-15)14(2)10-17(13)21-24-18-9-8-16(23)12-20(18)25-21/h8-12,15,21,24-25H,3-7H2,1-2H3,(H,26,27). The molecule has 27 heavy (non-hydrogen) atoms. The van der Waals surface area contributed by atoms with E-state index in [9.17, 15) is 4.79 Å². The van der Waals surface area contributed by atoms with Gasteiger partial charge in [-0.1, -0.05) is 30.9 Å². The fourth-order valence-corrected chi connectivity index (χ4v) is 4.32. The summed E-state index contributed by atoms with van der Waals surface area (Å²) in [5, 5.41) is 10.9. The Labute approximate surface area is 165 Å². The van der Waals surface area contributed by atoms with Gasteiger partial charge in [0.05, 0.1) is 11.4 Å². The molecule has 1 saturated carbocycles. The molecule has 1 aliphatic carbocycles. The first kappa shape index (κ1) is 18.2. The van der Waals surface area contributed by atoms with Crippen molar-refractivity contribution in [3.8, 4) is 0 Å². The molecule has 1 heterocycles. The lowest BCUT2D eigenvalue weighted by atomic mass is 9.88. The third-order valence-electron chi connectivity index (χ3n) is 5.74. The zero-order valence-electron chi connectivity index (χ0n) is 15.9. The number of halogens is 1. The van der Waals surface area contributed by atoms with Crippen molar-refractivity contribution in [1.82, 2.24) is 0 Å². The summed E-state index contributed by atoms with van der Waals surface area (Å²) in [6, 6.07) is 10.1. The predicted octanol–water partition coefficient (Wildman–Crippen LogP) is 6.01. The predicted molar refractivity (Wildman–Crippen MR) is 113 cm³/mol. The van der Waals surface area contributed by atoms with E-state index < -0.39 is 0 Å². The average Bonchev–Trinajstić information content (AvgIpc) is 3.08. The molecular weight excluding hydrogens is 358 g/mol. The van der Waals surface area contributed by atoms with Crippen LogP contribution in [0.5, 0.6) is 0 Å². The Hall–Kier alpha value is -2.20. The van der Waals surface area contributed by atoms with Gasteiger partial charge >= 0.3 is 0 Å². The molecule has 1 amide bonds. The molecule has 1 atom stereocenters. The molecule has 4 rings (SSSR count). The minimum Gasteiger partial charge on any atom is -0.360 e. The summed E-state index contributed by atoms with van der Waals surface area (Å²) in [6.07, 6.45) is 5.61. The summed E-state index contributed by atoms with van der Waals surface area (Å²) in [5.74, 6) is 0.333. The van der Waals surface area contributed by atoms with Crippen LogP contribution in [-0.4, -0.2) is 5.91 Å². The van der Waals surface area contributed by atoms with Crippen LogP contribution in [0, 0.1) is 19.8 Å². The van der Waals surface area contributed by atoms with E-state index in [4.69, 9.17) is 11.6 Å². The van der Waals surface area contributed by atoms with E-state index in [-0.39, 0.29) is 18.0 Å². The number of nitrogens with one attached hydrogen (secondary N) is 3. The Morgan fingerprint density at radius 1 is 1.00 bits per heavy atom. The normalized spacial score (nSPS) is 19.1. The number of aryl methyl sites for hydroxylation is 2. The van der Waals surface area contributed by atoms with E-state index in [1.54, 1.807) is 0 Å². The highest BCUT2D eigenvalue weighted by Crippen LogP contribution is 2.38. The quantitative estimate of drug-likeness (QED) is 0.608. The lowest BCUT2D eigenvalue weighted by Crippen LogP contribution is -2.25. The first-order valence-corrected chi connectivity index (χ1v) is 10.1. The Morgan fingerprint density at radius 3 is 2.52 bits per heavy atom. The monoisotopic (exact) mass is 383 g/mol. The Bertz CT molecular complexity index is 874. The van der Waals surface area contributed by atoms with Gasteiger partial charge in [0.25, 0.3) is 0 Å². The van der Waals surface area contributed by atoms with Crippen LogP contribution in [0.25, 0.3) is 0 Å². The van der Waals surface area contributed by atoms with Crippen molar-refractivity contribution in [2.24, 2.45) is 5.92 Å². The van der Waals surface area contributed by atoms with Crippen molar-refractivity contribution >= 4 is 34.6 Å². The Balaban J connectivity index is 1.51. The van der Waals surface area contributed by atoms with Gasteiger partial charge in [0, 0.05) is 16.6 Å². The average molecular weight is 384 g/mol. The minimum atomic E-state index is 0.000243. The minimum absolute atomic E-state index is 0.000243. The molecule has 2 aromatic carbocycles. The molecule has 1 unspecified atom stereocenters. The molecule has 2 aromatic rings. The summed E-state index contributed by atoms with van der Waals surface area (Å²) in [6.45, 7) is 4.14. The van der Waals surface area contributed by atoms with E-state index in [0.717, 1.165) is 46.1 Å². The summed E-state index contributed by atoms with van der Waals surface area (Å²) >= 11 is 6.10. The van der Waals surface area contributed by atoms with Gasteiger partial charge in [-0.15, -0.1) is 0 Å². The Kier molecular flexibility index (Phi) is 5.00. The van der Waals surface area contributed by atoms with Crippen molar-refractivity contribution in [2.45, 2.75) is 52.1 Å². The van der Waals surface area contributed by atoms with Crippen LogP contribution in [0.4, 0.5) is 17.1 Å². The highest BCUT2D eigenvalue weighted by Gasteiger charge is 2.25. The van der Waals surface area contributed by atoms with E-state index in [1.807, 2.05) is 18.2 Å². The first-order valence-electron chi connectivity index (χ1n) is 9.76. The highest BCUT2D eigenvalue weighted by molar-refractivity contribution is 6.31. The molecule has 0 radical (unpaired) electrons. The van der Waals surface area contributed by atoms with Gasteiger partial charge in [-0.2, -0.15) is 0 Å². The van der Waals surface area contributed by atoms with Gasteiger partial charge in [0.2, 0.25) is 5.91 Å². The summed E-state index contributed by atoms with van der Waals surface area (Å²) in [5.41, 5.74) is 6.39. The van der Waals surface area contributed by atoms with Crippen molar-refractivity contribution in [1.29, 1.82) is 0 Å². The molecule has 0 aromatic heterocycles. The second kappa shape index (κ2) is 7.43. The second-order valence-electron chi connectivity index (χ2n) is 7.76. The Morgan fingerprint density at radius 2 is 1.74 bits per heavy atom. The molecule has 0 bridgehead atoms. The third kappa shape index (κ3) is 3.77. The number of benzene rings is 2. The summed E-state index contributed by atoms with van der Waals surface area (Å²) in [4.78, 5) is 12.6. The van der Waals surface area contributed by atoms with Gasteiger partial charge in [0.1, 0.15) is 6.17 Å². The number of rotatable bonds is 3. The number of anilines is 3. The fraction of sp³-hybridized carbons (Fsp3) is 0.409. The van der Waals surface area contributed by atoms with Crippen LogP contribution in [0.2, 0.25) is 5.02 Å². The van der Waals surface area contributed by atoms with Crippen molar-refractivity contribution < 1.29 is 4.79 Å². The molecule has 3 N–H and O–H groups in total. The maximum Gasteiger partial charge on any atom is 0.227 e. The number of amides is 1. The highest BCUT2D eigenvalue weighted by atomic mass is 35.5. The smallest absolute Gasteiger partial charge is 0.227 e. The van der Waals surface area contributed by atoms with Gasteiger partial charge in [-0.3, -0.25) is 4.79 Å². The summed E-state index contributed by atoms with van der Waals surface area (Å²) in [7, 11) is 0. The molecule has 1 aliphatic heterocycles. The van der Waals surface area contributed by atoms with Crippen LogP contribution in [0.3, 0.4) is 0 Å². The number of hydrogen-bond acceptors (Lipinski definition) is 3. The van der Waals surface area contributed by atoms with Crippen molar-refractivity contribution in [2.75, 3.05) is 16.0 Å². The first-order chi connectivity index (χ1) is 13.0. The van der Waals surface area contributed by atoms with Crippen LogP contribution in [-0.2, 0) is 4.79 Å². The van der Waals surface area contributed by atoms with Crippen molar-refractivity contribution in [3.05, 3.63) is 52.0 Å². The largest absolute Gasteiger partial charge is 0.360 e. The lowest BCUT2D eigenvalue weighted by molar-refractivity contribution is -0.120. The van der Waals surface area contributed by atoms with Crippen LogP contribution >= 0.6 is 11.6 Å². The van der Waals surface area contributed by atoms with E-state index in [0.29, 0.717) is 0 Å². The maximum absolute atomic E-state index is 12.6. The maximum atomic E-state index is 12.6. The number of carbonyl (C=O) groups is 1. The molecular formula is C22H26ClN3O. The number of fused-ring (bicyclic) bond motifs is 1. The summed E-state index contributed by atoms with van der Waals surface area (Å²) < 4.78 is 0. The van der Waals surface area contributed by atoms with Gasteiger partial charge < -0.3 is 16.0 Å². The van der Waals surface area contributed by atoms with Crippen LogP contribution in [0.1, 0.15) is 55.0 Å². The molecule has 2 aliphatic rings. The topological polar surface area (TPSA) is 53.2 Å². The molecule has 5 heteroatoms. The zero-order chi connectivity index (χ0) is 19.0. The molecule has 1 fully saturated rings. The van der Waals surface area contributed by atoms with E-state index >= 15 is 0 Å². The molecule has 0 saturated heterocycles. The molecule has 142 valence electrons. The third-order valence-corrected chi connectivity index (χ3v) is 5.97. The molecule has 0 spiro atoms. The van der Waals surface area contributed by atoms with Crippen molar-refractivity contribution in [3.63, 3.8) is 0 Å². The SMILES string of the molecule is Cc1cc(C2Nc3ccc(Cl)cc3N2)c(C)cc1NC(=O)C1CCCCC1. The second-order valence-corrected chi connectivity index (χ2v) is 8.20. The van der Waals surface area contributed by atoms with Crippen LogP contribution < -0.4 is 16.0 Å². The van der Waals surface area contributed by atoms with Crippen LogP contribution in [0.15, 0.2) is 30.3 Å². The number of hydrogen-bond donors (Lipinski definition) is 3. The lowest BCUT2D eigenvalue weighted by Gasteiger charge is -2.22. The molecule has 4 nitrogen and oxygen atoms in total. The fourth-order valence-electron chi connectivity index (χ4n) is 4.15. The number of carbonyl (C=O) groups excluding carboxylic acids is 1.